The number of carbonyl (C=O) groups excluding carboxylic acids is 3. The Labute approximate surface area is 239 Å². The summed E-state index contributed by atoms with van der Waals surface area (Å²) in [6.07, 6.45) is 3.66. The van der Waals surface area contributed by atoms with Crippen LogP contribution in [0.3, 0.4) is 0 Å². The van der Waals surface area contributed by atoms with Crippen molar-refractivity contribution in [3.05, 3.63) is 64.8 Å². The molecule has 0 bridgehead atoms. The van der Waals surface area contributed by atoms with E-state index in [-0.39, 0.29) is 24.3 Å². The van der Waals surface area contributed by atoms with Crippen LogP contribution < -0.4 is 10.2 Å². The molecule has 216 valence electrons. The van der Waals surface area contributed by atoms with Gasteiger partial charge in [-0.3, -0.25) is 14.4 Å². The molecular weight excluding hydrogens is 524 g/mol. The Morgan fingerprint density at radius 1 is 1.10 bits per heavy atom. The van der Waals surface area contributed by atoms with Crippen LogP contribution in [0.4, 0.5) is 0 Å². The molecular formula is C31H36N4O6. The molecule has 3 aliphatic heterocycles. The van der Waals surface area contributed by atoms with Crippen LogP contribution in [0.15, 0.2) is 42.5 Å². The maximum absolute atomic E-state index is 13.3. The number of fused-ring (bicyclic) bond motifs is 4. The van der Waals surface area contributed by atoms with E-state index in [0.29, 0.717) is 38.2 Å². The molecule has 0 spiro atoms. The fourth-order valence-corrected chi connectivity index (χ4v) is 6.16. The molecule has 0 radical (unpaired) electrons. The molecule has 2 fully saturated rings. The lowest BCUT2D eigenvalue weighted by Gasteiger charge is -2.43. The highest BCUT2D eigenvalue weighted by Gasteiger charge is 2.43. The summed E-state index contributed by atoms with van der Waals surface area (Å²) >= 11 is 0. The average molecular weight is 561 g/mol. The topological polar surface area (TPSA) is 102 Å². The van der Waals surface area contributed by atoms with E-state index in [9.17, 15) is 14.4 Å². The second-order valence-corrected chi connectivity index (χ2v) is 10.9. The number of hydrogen-bond donors (Lipinski definition) is 1. The monoisotopic (exact) mass is 560 g/mol. The predicted octanol–water partition coefficient (Wildman–Crippen LogP) is 3.39. The van der Waals surface area contributed by atoms with E-state index < -0.39 is 12.3 Å². The van der Waals surface area contributed by atoms with Gasteiger partial charge < -0.3 is 23.8 Å². The summed E-state index contributed by atoms with van der Waals surface area (Å²) in [5.41, 5.74) is 7.13. The zero-order valence-electron chi connectivity index (χ0n) is 23.6. The SMILES string of the molecule is CCCN1CC(=O)N2Cc3c(c4cc(OC)ccc4n3Cc3ccc(C(=O)NOC4CCCCO4)cc3)CC2C1=O. The molecule has 1 aromatic heterocycles. The van der Waals surface area contributed by atoms with E-state index in [4.69, 9.17) is 14.3 Å². The average Bonchev–Trinajstić information content (AvgIpc) is 3.30. The number of rotatable bonds is 8. The third-order valence-electron chi connectivity index (χ3n) is 8.30. The van der Waals surface area contributed by atoms with E-state index in [1.807, 2.05) is 37.3 Å². The van der Waals surface area contributed by atoms with E-state index >= 15 is 0 Å². The second kappa shape index (κ2) is 11.5. The van der Waals surface area contributed by atoms with Crippen molar-refractivity contribution < 1.29 is 28.7 Å². The standard InChI is InChI=1S/C31H36N4O6/c1-3-13-33-19-28(36)35-18-27-24(16-26(35)31(33)38)23-15-22(39-2)11-12-25(23)34(27)17-20-7-9-21(10-8-20)30(37)32-41-29-6-4-5-14-40-29/h7-12,15,26,29H,3-6,13-14,16-19H2,1-2H3,(H,32,37). The molecule has 10 heteroatoms. The van der Waals surface area contributed by atoms with Crippen molar-refractivity contribution in [1.29, 1.82) is 0 Å². The summed E-state index contributed by atoms with van der Waals surface area (Å²) < 4.78 is 13.2. The smallest absolute Gasteiger partial charge is 0.274 e. The molecule has 2 atom stereocenters. The van der Waals surface area contributed by atoms with Gasteiger partial charge in [-0.15, -0.1) is 0 Å². The van der Waals surface area contributed by atoms with Gasteiger partial charge in [0, 0.05) is 54.7 Å². The zero-order chi connectivity index (χ0) is 28.5. The van der Waals surface area contributed by atoms with Crippen LogP contribution in [-0.4, -0.2) is 71.2 Å². The Kier molecular flexibility index (Phi) is 7.68. The maximum Gasteiger partial charge on any atom is 0.274 e. The Hall–Kier alpha value is -3.89. The lowest BCUT2D eigenvalue weighted by Crippen LogP contribution is -2.61. The van der Waals surface area contributed by atoms with Gasteiger partial charge in [-0.1, -0.05) is 19.1 Å². The largest absolute Gasteiger partial charge is 0.497 e. The number of hydrogen-bond acceptors (Lipinski definition) is 6. The minimum absolute atomic E-state index is 0.0145. The van der Waals surface area contributed by atoms with Crippen molar-refractivity contribution in [2.75, 3.05) is 26.8 Å². The molecule has 3 amide bonds. The number of ether oxygens (including phenoxy) is 2. The third kappa shape index (κ3) is 5.29. The van der Waals surface area contributed by atoms with Crippen LogP contribution >= 0.6 is 0 Å². The van der Waals surface area contributed by atoms with Gasteiger partial charge in [-0.05, 0) is 60.7 Å². The fraction of sp³-hybridized carbons (Fsp3) is 0.452. The molecule has 4 heterocycles. The van der Waals surface area contributed by atoms with Gasteiger partial charge in [-0.25, -0.2) is 10.3 Å². The van der Waals surface area contributed by atoms with Crippen LogP contribution in [0.5, 0.6) is 5.75 Å². The minimum Gasteiger partial charge on any atom is -0.497 e. The van der Waals surface area contributed by atoms with Crippen LogP contribution in [-0.2, 0) is 38.7 Å². The Bertz CT molecular complexity index is 1460. The summed E-state index contributed by atoms with van der Waals surface area (Å²) in [5.74, 6) is 0.431. The summed E-state index contributed by atoms with van der Waals surface area (Å²) in [6.45, 7) is 4.30. The number of nitrogens with zero attached hydrogens (tertiary/aromatic N) is 3. The van der Waals surface area contributed by atoms with Gasteiger partial charge in [0.25, 0.3) is 5.91 Å². The number of amides is 3. The van der Waals surface area contributed by atoms with Crippen molar-refractivity contribution in [3.8, 4) is 5.75 Å². The fourth-order valence-electron chi connectivity index (χ4n) is 6.16. The number of nitrogens with one attached hydrogen (secondary N) is 1. The highest BCUT2D eigenvalue weighted by molar-refractivity contribution is 5.97. The van der Waals surface area contributed by atoms with Crippen LogP contribution in [0.25, 0.3) is 10.9 Å². The molecule has 3 aromatic rings. The molecule has 10 nitrogen and oxygen atoms in total. The number of benzene rings is 2. The summed E-state index contributed by atoms with van der Waals surface area (Å²) in [5, 5.41) is 1.03. The summed E-state index contributed by atoms with van der Waals surface area (Å²) in [7, 11) is 1.64. The molecule has 0 saturated carbocycles. The number of carbonyl (C=O) groups is 3. The first kappa shape index (κ1) is 27.3. The normalized spacial score (nSPS) is 20.6. The van der Waals surface area contributed by atoms with Gasteiger partial charge in [-0.2, -0.15) is 0 Å². The third-order valence-corrected chi connectivity index (χ3v) is 8.30. The molecule has 2 saturated heterocycles. The molecule has 3 aliphatic rings. The molecule has 0 aliphatic carbocycles. The molecule has 2 unspecified atom stereocenters. The van der Waals surface area contributed by atoms with Gasteiger partial charge in [0.15, 0.2) is 6.29 Å². The maximum atomic E-state index is 13.3. The first-order valence-electron chi connectivity index (χ1n) is 14.4. The lowest BCUT2D eigenvalue weighted by atomic mass is 9.93. The van der Waals surface area contributed by atoms with Crippen LogP contribution in [0.1, 0.15) is 59.8 Å². The lowest BCUT2D eigenvalue weighted by molar-refractivity contribution is -0.186. The van der Waals surface area contributed by atoms with Gasteiger partial charge >= 0.3 is 0 Å². The predicted molar refractivity (Wildman–Crippen MR) is 151 cm³/mol. The van der Waals surface area contributed by atoms with Crippen molar-refractivity contribution in [1.82, 2.24) is 19.8 Å². The van der Waals surface area contributed by atoms with Crippen LogP contribution in [0.2, 0.25) is 0 Å². The van der Waals surface area contributed by atoms with Crippen molar-refractivity contribution in [2.45, 2.75) is 64.4 Å². The van der Waals surface area contributed by atoms with E-state index in [1.165, 1.54) is 0 Å². The van der Waals surface area contributed by atoms with Gasteiger partial charge in [0.2, 0.25) is 11.8 Å². The van der Waals surface area contributed by atoms with Crippen LogP contribution in [0, 0.1) is 0 Å². The molecule has 1 N–H and O–H groups in total. The highest BCUT2D eigenvalue weighted by atomic mass is 16.8. The van der Waals surface area contributed by atoms with E-state index in [2.05, 4.69) is 10.0 Å². The number of methoxy groups -OCH3 is 1. The highest BCUT2D eigenvalue weighted by Crippen LogP contribution is 2.37. The zero-order valence-corrected chi connectivity index (χ0v) is 23.6. The number of aromatic nitrogens is 1. The summed E-state index contributed by atoms with van der Waals surface area (Å²) in [6, 6.07) is 12.9. The number of piperazine rings is 1. The number of hydroxylamine groups is 1. The van der Waals surface area contributed by atoms with Crippen molar-refractivity contribution in [2.24, 2.45) is 0 Å². The first-order valence-corrected chi connectivity index (χ1v) is 14.4. The minimum atomic E-state index is -0.487. The van der Waals surface area contributed by atoms with Gasteiger partial charge in [0.1, 0.15) is 11.8 Å². The van der Waals surface area contributed by atoms with Crippen molar-refractivity contribution in [3.63, 3.8) is 0 Å². The Morgan fingerprint density at radius 2 is 1.93 bits per heavy atom. The molecule has 2 aromatic carbocycles. The Balaban J connectivity index is 1.26. The quantitative estimate of drug-likeness (QED) is 0.424. The summed E-state index contributed by atoms with van der Waals surface area (Å²) in [4.78, 5) is 48.0. The van der Waals surface area contributed by atoms with E-state index in [0.717, 1.165) is 59.2 Å². The Morgan fingerprint density at radius 3 is 2.66 bits per heavy atom. The molecule has 41 heavy (non-hydrogen) atoms. The van der Waals surface area contributed by atoms with E-state index in [1.54, 1.807) is 29.0 Å². The second-order valence-electron chi connectivity index (χ2n) is 10.9. The first-order chi connectivity index (χ1) is 20.0. The molecule has 6 rings (SSSR count). The van der Waals surface area contributed by atoms with Gasteiger partial charge in [0.05, 0.1) is 20.2 Å². The van der Waals surface area contributed by atoms with Crippen molar-refractivity contribution >= 4 is 28.6 Å².